The van der Waals surface area contributed by atoms with Crippen molar-refractivity contribution in [3.8, 4) is 50.2 Å². The fourth-order valence-electron chi connectivity index (χ4n) is 10.5. The number of fused-ring (bicyclic) bond motifs is 8. The second-order valence-corrected chi connectivity index (χ2v) is 17.7. The lowest BCUT2D eigenvalue weighted by molar-refractivity contribution is 1.19. The summed E-state index contributed by atoms with van der Waals surface area (Å²) < 4.78 is 2.45. The second-order valence-electron chi connectivity index (χ2n) is 17.7. The molecule has 0 aliphatic carbocycles. The summed E-state index contributed by atoms with van der Waals surface area (Å²) in [6, 6.07) is 97.6. The number of hydrogen-bond donors (Lipinski definition) is 0. The predicted octanol–water partition coefficient (Wildman–Crippen LogP) is 18.4. The quantitative estimate of drug-likeness (QED) is 0.138. The third kappa shape index (κ3) is 6.73. The Hall–Kier alpha value is -8.98. The lowest BCUT2D eigenvalue weighted by Gasteiger charge is -2.29. The number of hydrogen-bond acceptors (Lipinski definition) is 1. The molecule has 68 heavy (non-hydrogen) atoms. The van der Waals surface area contributed by atoms with Gasteiger partial charge in [0, 0.05) is 38.8 Å². The van der Waals surface area contributed by atoms with Crippen LogP contribution >= 0.6 is 0 Å². The van der Waals surface area contributed by atoms with Gasteiger partial charge in [0.1, 0.15) is 0 Å². The molecule has 0 radical (unpaired) electrons. The van der Waals surface area contributed by atoms with Crippen LogP contribution in [0.1, 0.15) is 0 Å². The van der Waals surface area contributed by atoms with Gasteiger partial charge in [-0.3, -0.25) is 0 Å². The van der Waals surface area contributed by atoms with E-state index >= 15 is 0 Å². The van der Waals surface area contributed by atoms with Gasteiger partial charge >= 0.3 is 0 Å². The fourth-order valence-corrected chi connectivity index (χ4v) is 10.5. The normalized spacial score (nSPS) is 11.5. The topological polar surface area (TPSA) is 8.17 Å². The highest BCUT2D eigenvalue weighted by molar-refractivity contribution is 6.19. The Morgan fingerprint density at radius 3 is 1.63 bits per heavy atom. The molecule has 0 atom stereocenters. The van der Waals surface area contributed by atoms with Gasteiger partial charge in [0.05, 0.1) is 16.7 Å². The van der Waals surface area contributed by atoms with Crippen molar-refractivity contribution in [2.24, 2.45) is 0 Å². The monoisotopic (exact) mass is 864 g/mol. The minimum Gasteiger partial charge on any atom is -0.310 e. The minimum atomic E-state index is 1.07. The molecule has 2 nitrogen and oxygen atoms in total. The molecule has 0 aliphatic rings. The van der Waals surface area contributed by atoms with Crippen LogP contribution in [0.15, 0.2) is 267 Å². The van der Waals surface area contributed by atoms with Crippen LogP contribution in [0, 0.1) is 0 Å². The molecule has 0 unspecified atom stereocenters. The van der Waals surface area contributed by atoms with Gasteiger partial charge in [0.25, 0.3) is 0 Å². The molecular weight excluding hydrogens is 821 g/mol. The lowest BCUT2D eigenvalue weighted by atomic mass is 9.93. The van der Waals surface area contributed by atoms with E-state index in [0.717, 1.165) is 45.0 Å². The highest BCUT2D eigenvalue weighted by atomic mass is 15.1. The predicted molar refractivity (Wildman–Crippen MR) is 290 cm³/mol. The maximum absolute atomic E-state index is 2.45. The van der Waals surface area contributed by atoms with E-state index in [9.17, 15) is 0 Å². The van der Waals surface area contributed by atoms with Gasteiger partial charge in [0.2, 0.25) is 0 Å². The number of rotatable bonds is 8. The van der Waals surface area contributed by atoms with E-state index in [1.165, 1.54) is 76.4 Å². The molecule has 0 saturated heterocycles. The van der Waals surface area contributed by atoms with Crippen molar-refractivity contribution in [1.29, 1.82) is 0 Å². The smallest absolute Gasteiger partial charge is 0.0619 e. The summed E-state index contributed by atoms with van der Waals surface area (Å²) in [7, 11) is 0. The Morgan fingerprint density at radius 2 is 0.838 bits per heavy atom. The Bertz CT molecular complexity index is 4020. The van der Waals surface area contributed by atoms with Gasteiger partial charge in [-0.25, -0.2) is 0 Å². The minimum absolute atomic E-state index is 1.07. The number of aromatic nitrogens is 1. The van der Waals surface area contributed by atoms with Crippen molar-refractivity contribution in [1.82, 2.24) is 4.57 Å². The van der Waals surface area contributed by atoms with E-state index in [4.69, 9.17) is 0 Å². The maximum atomic E-state index is 2.45. The number of benzene rings is 12. The summed E-state index contributed by atoms with van der Waals surface area (Å²) in [5.41, 5.74) is 16.2. The summed E-state index contributed by atoms with van der Waals surface area (Å²) in [6.07, 6.45) is 0. The van der Waals surface area contributed by atoms with E-state index in [2.05, 4.69) is 276 Å². The molecule has 1 heterocycles. The van der Waals surface area contributed by atoms with Gasteiger partial charge in [0.15, 0.2) is 0 Å². The molecule has 0 saturated carbocycles. The molecule has 12 aromatic carbocycles. The van der Waals surface area contributed by atoms with Crippen LogP contribution < -0.4 is 4.90 Å². The SMILES string of the molecule is c1ccc(-c2ccc(N(c3ccc(-c4cc5ccccc5c5ccccc45)cc3)c3cccc(-c4cccc(-n5c6ccccc6c6ccc7ccccc7c65)c4)c3)c(-c3ccccc3)c2)cc1. The van der Waals surface area contributed by atoms with Crippen molar-refractivity contribution in [3.05, 3.63) is 267 Å². The summed E-state index contributed by atoms with van der Waals surface area (Å²) in [5.74, 6) is 0. The average molecular weight is 865 g/mol. The zero-order valence-electron chi connectivity index (χ0n) is 37.3. The van der Waals surface area contributed by atoms with Crippen molar-refractivity contribution in [3.63, 3.8) is 0 Å². The molecule has 0 aliphatic heterocycles. The van der Waals surface area contributed by atoms with Crippen LogP contribution in [-0.4, -0.2) is 4.57 Å². The maximum Gasteiger partial charge on any atom is 0.0619 e. The first kappa shape index (κ1) is 39.4. The zero-order chi connectivity index (χ0) is 45.0. The van der Waals surface area contributed by atoms with E-state index in [1.54, 1.807) is 0 Å². The first-order chi connectivity index (χ1) is 33.7. The fraction of sp³-hybridized carbons (Fsp3) is 0. The van der Waals surface area contributed by atoms with E-state index < -0.39 is 0 Å². The van der Waals surface area contributed by atoms with Gasteiger partial charge in [-0.2, -0.15) is 0 Å². The van der Waals surface area contributed by atoms with Crippen molar-refractivity contribution >= 4 is 71.2 Å². The number of nitrogens with zero attached hydrogens (tertiary/aromatic N) is 2. The van der Waals surface area contributed by atoms with Crippen molar-refractivity contribution < 1.29 is 0 Å². The van der Waals surface area contributed by atoms with E-state index in [-0.39, 0.29) is 0 Å². The molecule has 0 spiro atoms. The van der Waals surface area contributed by atoms with Crippen molar-refractivity contribution in [2.75, 3.05) is 4.90 Å². The first-order valence-electron chi connectivity index (χ1n) is 23.4. The highest BCUT2D eigenvalue weighted by Gasteiger charge is 2.21. The van der Waals surface area contributed by atoms with Crippen molar-refractivity contribution in [2.45, 2.75) is 0 Å². The molecule has 2 heteroatoms. The molecule has 1 aromatic heterocycles. The number of anilines is 3. The summed E-state index contributed by atoms with van der Waals surface area (Å²) in [5, 5.41) is 10.0. The van der Waals surface area contributed by atoms with Crippen LogP contribution in [0.3, 0.4) is 0 Å². The summed E-state index contributed by atoms with van der Waals surface area (Å²) in [4.78, 5) is 2.44. The van der Waals surface area contributed by atoms with Gasteiger partial charge in [-0.05, 0) is 127 Å². The van der Waals surface area contributed by atoms with Crippen LogP contribution in [0.5, 0.6) is 0 Å². The van der Waals surface area contributed by atoms with Crippen LogP contribution in [-0.2, 0) is 0 Å². The van der Waals surface area contributed by atoms with E-state index in [0.29, 0.717) is 0 Å². The zero-order valence-corrected chi connectivity index (χ0v) is 37.3. The lowest BCUT2D eigenvalue weighted by Crippen LogP contribution is -2.11. The standard InChI is InChI=1S/C66H44N2/c1-3-17-45(18-4-1)51-36-40-65(63(43-51)46-19-5-2-6-20-46)67(53-37-33-48(34-38-53)62-44-52-22-8-9-27-56(52)58-29-11-12-30-59(58)62)54-25-15-23-49(41-54)50-24-16-26-55(42-50)68-64-32-14-13-31-60(64)61-39-35-47-21-7-10-28-57(47)66(61)68/h1-44H. The molecule has 318 valence electrons. The third-order valence-electron chi connectivity index (χ3n) is 13.7. The molecule has 0 fully saturated rings. The van der Waals surface area contributed by atoms with Crippen LogP contribution in [0.4, 0.5) is 17.1 Å². The second kappa shape index (κ2) is 16.5. The van der Waals surface area contributed by atoms with Gasteiger partial charge < -0.3 is 9.47 Å². The van der Waals surface area contributed by atoms with Gasteiger partial charge in [-0.15, -0.1) is 0 Å². The largest absolute Gasteiger partial charge is 0.310 e. The van der Waals surface area contributed by atoms with Crippen LogP contribution in [0.2, 0.25) is 0 Å². The Balaban J connectivity index is 0.985. The molecule has 0 N–H and O–H groups in total. The molecular formula is C66H44N2. The third-order valence-corrected chi connectivity index (χ3v) is 13.7. The number of para-hydroxylation sites is 1. The molecule has 13 aromatic rings. The Morgan fingerprint density at radius 1 is 0.265 bits per heavy atom. The molecule has 0 bridgehead atoms. The summed E-state index contributed by atoms with van der Waals surface area (Å²) in [6.45, 7) is 0. The van der Waals surface area contributed by atoms with Crippen LogP contribution in [0.25, 0.3) is 104 Å². The first-order valence-corrected chi connectivity index (χ1v) is 23.4. The highest BCUT2D eigenvalue weighted by Crippen LogP contribution is 2.45. The van der Waals surface area contributed by atoms with E-state index in [1.807, 2.05) is 0 Å². The summed E-state index contributed by atoms with van der Waals surface area (Å²) >= 11 is 0. The Kier molecular flexibility index (Phi) is 9.54. The molecule has 0 amide bonds. The average Bonchev–Trinajstić information content (AvgIpc) is 3.77. The Labute approximate surface area is 395 Å². The van der Waals surface area contributed by atoms with Gasteiger partial charge in [-0.1, -0.05) is 206 Å². The molecule has 13 rings (SSSR count).